The molecule has 0 aromatic heterocycles. The minimum absolute atomic E-state index is 0.302. The van der Waals surface area contributed by atoms with Crippen molar-refractivity contribution in [3.05, 3.63) is 0 Å². The van der Waals surface area contributed by atoms with E-state index >= 15 is 0 Å². The summed E-state index contributed by atoms with van der Waals surface area (Å²) in [6.07, 6.45) is 2.51. The van der Waals surface area contributed by atoms with E-state index in [9.17, 15) is 4.79 Å². The molecule has 0 aliphatic rings. The van der Waals surface area contributed by atoms with Crippen molar-refractivity contribution in [2.24, 2.45) is 0 Å². The minimum atomic E-state index is 0.302. The number of carbonyl (C=O) groups is 1. The summed E-state index contributed by atoms with van der Waals surface area (Å²) in [7, 11) is 0. The molecule has 0 aliphatic carbocycles. The van der Waals surface area contributed by atoms with Crippen molar-refractivity contribution in [3.63, 3.8) is 0 Å². The van der Waals surface area contributed by atoms with Crippen LogP contribution in [-0.4, -0.2) is 36.6 Å². The first kappa shape index (κ1) is 14.3. The van der Waals surface area contributed by atoms with Gasteiger partial charge in [0.1, 0.15) is 5.78 Å². The molecule has 0 aliphatic heterocycles. The highest BCUT2D eigenvalue weighted by molar-refractivity contribution is 14.1. The topological polar surface area (TPSA) is 35.5 Å². The quantitative estimate of drug-likeness (QED) is 0.352. The maximum absolute atomic E-state index is 10.9. The van der Waals surface area contributed by atoms with Crippen molar-refractivity contribution >= 4 is 28.4 Å². The van der Waals surface area contributed by atoms with Crippen LogP contribution in [0.3, 0.4) is 0 Å². The van der Waals surface area contributed by atoms with E-state index in [1.807, 2.05) is 0 Å². The summed E-state index contributed by atoms with van der Waals surface area (Å²) in [5.41, 5.74) is 0. The van der Waals surface area contributed by atoms with Gasteiger partial charge in [0.05, 0.1) is 17.6 Å². The van der Waals surface area contributed by atoms with E-state index in [0.717, 1.165) is 19.4 Å². The van der Waals surface area contributed by atoms with Gasteiger partial charge in [-0.2, -0.15) is 0 Å². The molecule has 0 radical (unpaired) electrons. The van der Waals surface area contributed by atoms with Gasteiger partial charge in [-0.3, -0.25) is 4.79 Å². The second kappa shape index (κ2) is 11.4. The van der Waals surface area contributed by atoms with E-state index in [4.69, 9.17) is 9.47 Å². The monoisotopic (exact) mass is 314 g/mol. The Morgan fingerprint density at radius 3 is 2.36 bits per heavy atom. The zero-order valence-electron chi connectivity index (χ0n) is 8.76. The van der Waals surface area contributed by atoms with Crippen molar-refractivity contribution in [1.82, 2.24) is 0 Å². The van der Waals surface area contributed by atoms with Crippen molar-refractivity contribution in [2.75, 3.05) is 30.9 Å². The van der Waals surface area contributed by atoms with Gasteiger partial charge in [-0.15, -0.1) is 0 Å². The van der Waals surface area contributed by atoms with E-state index < -0.39 is 0 Å². The molecule has 0 saturated carbocycles. The summed E-state index contributed by atoms with van der Waals surface area (Å²) >= 11 is 2.09. The number of alkyl halides is 1. The summed E-state index contributed by atoms with van der Waals surface area (Å²) in [4.78, 5) is 10.9. The maximum Gasteiger partial charge on any atom is 0.142 e. The standard InChI is InChI=1S/C10H19IO3/c1-2-5-13-7-8-14-6-3-4-10(12)9-11/h2-9H2,1H3. The predicted molar refractivity (Wildman–Crippen MR) is 65.1 cm³/mol. The van der Waals surface area contributed by atoms with Gasteiger partial charge in [-0.05, 0) is 12.8 Å². The van der Waals surface area contributed by atoms with Crippen molar-refractivity contribution < 1.29 is 14.3 Å². The first-order chi connectivity index (χ1) is 6.81. The zero-order valence-corrected chi connectivity index (χ0v) is 10.9. The molecular formula is C10H19IO3. The average Bonchev–Trinajstić information content (AvgIpc) is 2.21. The SMILES string of the molecule is CCCOCCOCCCC(=O)CI. The fraction of sp³-hybridized carbons (Fsp3) is 0.900. The molecule has 0 rings (SSSR count). The highest BCUT2D eigenvalue weighted by Gasteiger charge is 1.98. The number of Topliss-reactive ketones (excluding diaryl/α,β-unsaturated/α-hetero) is 1. The van der Waals surface area contributed by atoms with Crippen LogP contribution < -0.4 is 0 Å². The molecule has 84 valence electrons. The van der Waals surface area contributed by atoms with Crippen LogP contribution in [-0.2, 0) is 14.3 Å². The lowest BCUT2D eigenvalue weighted by molar-refractivity contribution is -0.116. The number of carbonyl (C=O) groups excluding carboxylic acids is 1. The Morgan fingerprint density at radius 2 is 1.79 bits per heavy atom. The van der Waals surface area contributed by atoms with Crippen LogP contribution in [0.2, 0.25) is 0 Å². The normalized spacial score (nSPS) is 10.4. The van der Waals surface area contributed by atoms with E-state index in [-0.39, 0.29) is 0 Å². The molecule has 0 saturated heterocycles. The fourth-order valence-electron chi connectivity index (χ4n) is 0.905. The minimum Gasteiger partial charge on any atom is -0.379 e. The predicted octanol–water partition coefficient (Wildman–Crippen LogP) is 2.21. The molecule has 0 heterocycles. The zero-order chi connectivity index (χ0) is 10.6. The Morgan fingerprint density at radius 1 is 1.14 bits per heavy atom. The third-order valence-electron chi connectivity index (χ3n) is 1.61. The third kappa shape index (κ3) is 10.4. The van der Waals surface area contributed by atoms with Crippen LogP contribution in [0.5, 0.6) is 0 Å². The highest BCUT2D eigenvalue weighted by Crippen LogP contribution is 1.95. The van der Waals surface area contributed by atoms with Gasteiger partial charge in [0.25, 0.3) is 0 Å². The van der Waals surface area contributed by atoms with Crippen molar-refractivity contribution in [2.45, 2.75) is 26.2 Å². The Bertz CT molecular complexity index is 139. The first-order valence-electron chi connectivity index (χ1n) is 5.04. The number of ketones is 1. The molecule has 0 spiro atoms. The molecule has 0 aromatic rings. The number of hydrogen-bond acceptors (Lipinski definition) is 3. The third-order valence-corrected chi connectivity index (χ3v) is 2.46. The van der Waals surface area contributed by atoms with Crippen LogP contribution in [0.25, 0.3) is 0 Å². The Labute approximate surface area is 99.7 Å². The summed E-state index contributed by atoms with van der Waals surface area (Å²) < 4.78 is 11.1. The van der Waals surface area contributed by atoms with Gasteiger partial charge < -0.3 is 9.47 Å². The molecule has 0 aromatic carbocycles. The van der Waals surface area contributed by atoms with Gasteiger partial charge in [0.2, 0.25) is 0 Å². The van der Waals surface area contributed by atoms with Gasteiger partial charge in [0.15, 0.2) is 0 Å². The molecule has 0 fully saturated rings. The maximum atomic E-state index is 10.9. The summed E-state index contributed by atoms with van der Waals surface area (Å²) in [5.74, 6) is 0.302. The van der Waals surface area contributed by atoms with Crippen molar-refractivity contribution in [1.29, 1.82) is 0 Å². The molecule has 3 nitrogen and oxygen atoms in total. The Balaban J connectivity index is 2.95. The lowest BCUT2D eigenvalue weighted by atomic mass is 10.2. The molecule has 0 bridgehead atoms. The number of rotatable bonds is 10. The fourth-order valence-corrected chi connectivity index (χ4v) is 1.29. The van der Waals surface area contributed by atoms with Gasteiger partial charge in [-0.1, -0.05) is 29.5 Å². The number of halogens is 1. The van der Waals surface area contributed by atoms with Crippen LogP contribution in [0.4, 0.5) is 0 Å². The van der Waals surface area contributed by atoms with Gasteiger partial charge in [0, 0.05) is 19.6 Å². The number of hydrogen-bond donors (Lipinski definition) is 0. The average molecular weight is 314 g/mol. The second-order valence-corrected chi connectivity index (χ2v) is 3.76. The molecule has 14 heavy (non-hydrogen) atoms. The largest absolute Gasteiger partial charge is 0.379 e. The summed E-state index contributed by atoms with van der Waals surface area (Å²) in [6.45, 7) is 4.84. The molecule has 0 amide bonds. The van der Waals surface area contributed by atoms with Crippen LogP contribution >= 0.6 is 22.6 Å². The molecular weight excluding hydrogens is 295 g/mol. The molecule has 0 N–H and O–H groups in total. The van der Waals surface area contributed by atoms with Crippen molar-refractivity contribution in [3.8, 4) is 0 Å². The summed E-state index contributed by atoms with van der Waals surface area (Å²) in [5, 5.41) is 0. The van der Waals surface area contributed by atoms with Crippen LogP contribution in [0.15, 0.2) is 0 Å². The van der Waals surface area contributed by atoms with Gasteiger partial charge in [-0.25, -0.2) is 0 Å². The second-order valence-electron chi connectivity index (χ2n) is 3.00. The number of ether oxygens (including phenoxy) is 2. The van der Waals surface area contributed by atoms with E-state index in [0.29, 0.717) is 36.5 Å². The van der Waals surface area contributed by atoms with E-state index in [2.05, 4.69) is 29.5 Å². The van der Waals surface area contributed by atoms with E-state index in [1.165, 1.54) is 0 Å². The van der Waals surface area contributed by atoms with Crippen LogP contribution in [0.1, 0.15) is 26.2 Å². The first-order valence-corrected chi connectivity index (χ1v) is 6.57. The molecule has 0 unspecified atom stereocenters. The highest BCUT2D eigenvalue weighted by atomic mass is 127. The van der Waals surface area contributed by atoms with Crippen LogP contribution in [0, 0.1) is 0 Å². The van der Waals surface area contributed by atoms with E-state index in [1.54, 1.807) is 0 Å². The smallest absolute Gasteiger partial charge is 0.142 e. The summed E-state index contributed by atoms with van der Waals surface area (Å²) in [6, 6.07) is 0. The molecule has 4 heteroatoms. The lowest BCUT2D eigenvalue weighted by Gasteiger charge is -2.04. The Hall–Kier alpha value is 0.320. The lowest BCUT2D eigenvalue weighted by Crippen LogP contribution is -2.07. The Kier molecular flexibility index (Phi) is 11.7. The van der Waals surface area contributed by atoms with Gasteiger partial charge >= 0.3 is 0 Å². The molecule has 0 atom stereocenters.